The van der Waals surface area contributed by atoms with Gasteiger partial charge in [-0.25, -0.2) is 0 Å². The third-order valence-corrected chi connectivity index (χ3v) is 2.66. The predicted octanol–water partition coefficient (Wildman–Crippen LogP) is 3.37. The first kappa shape index (κ1) is 12.9. The molecule has 0 aromatic heterocycles. The van der Waals surface area contributed by atoms with Crippen LogP contribution in [0.2, 0.25) is 0 Å². The summed E-state index contributed by atoms with van der Waals surface area (Å²) in [6, 6.07) is 3.71. The molecule has 0 amide bonds. The molecule has 16 heavy (non-hydrogen) atoms. The van der Waals surface area contributed by atoms with Crippen molar-refractivity contribution in [3.63, 3.8) is 0 Å². The summed E-state index contributed by atoms with van der Waals surface area (Å²) in [7, 11) is 0. The Kier molecular flexibility index (Phi) is 4.22. The highest BCUT2D eigenvalue weighted by molar-refractivity contribution is 5.59. The topological polar surface area (TPSA) is 46.2 Å². The number of nitrogens with two attached hydrogens (primary N) is 1. The first-order valence-electron chi connectivity index (χ1n) is 6.01. The monoisotopic (exact) mass is 221 g/mol. The molecule has 0 unspecified atom stereocenters. The highest BCUT2D eigenvalue weighted by atomic mass is 16.3. The lowest BCUT2D eigenvalue weighted by atomic mass is 9.94. The predicted molar refractivity (Wildman–Crippen MR) is 69.6 cm³/mol. The first-order valence-corrected chi connectivity index (χ1v) is 6.01. The molecule has 2 nitrogen and oxygen atoms in total. The molecule has 2 heteroatoms. The Morgan fingerprint density at radius 3 is 2.12 bits per heavy atom. The van der Waals surface area contributed by atoms with E-state index >= 15 is 0 Å². The summed E-state index contributed by atoms with van der Waals surface area (Å²) >= 11 is 0. The third-order valence-electron chi connectivity index (χ3n) is 2.66. The van der Waals surface area contributed by atoms with Crippen LogP contribution in [0.3, 0.4) is 0 Å². The fraction of sp³-hybridized carbons (Fsp3) is 0.571. The molecule has 0 spiro atoms. The first-order chi connectivity index (χ1) is 7.41. The van der Waals surface area contributed by atoms with E-state index in [4.69, 9.17) is 5.73 Å². The van der Waals surface area contributed by atoms with Crippen molar-refractivity contribution in [1.82, 2.24) is 0 Å². The molecule has 1 aromatic rings. The molecule has 0 fully saturated rings. The van der Waals surface area contributed by atoms with Gasteiger partial charge >= 0.3 is 0 Å². The van der Waals surface area contributed by atoms with Crippen molar-refractivity contribution in [2.45, 2.75) is 40.5 Å². The average molecular weight is 221 g/mol. The van der Waals surface area contributed by atoms with Gasteiger partial charge < -0.3 is 10.8 Å². The molecule has 0 aliphatic carbocycles. The largest absolute Gasteiger partial charge is 0.508 e. The minimum atomic E-state index is 0.332. The Morgan fingerprint density at radius 2 is 1.62 bits per heavy atom. The lowest BCUT2D eigenvalue weighted by Gasteiger charge is -2.15. The van der Waals surface area contributed by atoms with E-state index in [1.807, 2.05) is 6.07 Å². The van der Waals surface area contributed by atoms with Gasteiger partial charge in [0.15, 0.2) is 0 Å². The Bertz CT molecular complexity index is 356. The molecule has 0 heterocycles. The molecule has 0 radical (unpaired) electrons. The standard InChI is InChI=1S/C14H23NO/c1-9(2)7-11-5-6-13(16)12(14(11)15)8-10(3)4/h5-6,9-10,16H,7-8,15H2,1-4H3. The lowest BCUT2D eigenvalue weighted by molar-refractivity contribution is 0.462. The van der Waals surface area contributed by atoms with Crippen LogP contribution in [0.4, 0.5) is 5.69 Å². The van der Waals surface area contributed by atoms with E-state index < -0.39 is 0 Å². The van der Waals surface area contributed by atoms with Crippen LogP contribution in [-0.4, -0.2) is 5.11 Å². The van der Waals surface area contributed by atoms with Crippen LogP contribution >= 0.6 is 0 Å². The normalized spacial score (nSPS) is 11.4. The van der Waals surface area contributed by atoms with E-state index in [1.54, 1.807) is 6.07 Å². The summed E-state index contributed by atoms with van der Waals surface area (Å²) in [6.45, 7) is 8.62. The maximum Gasteiger partial charge on any atom is 0.120 e. The number of rotatable bonds is 4. The minimum absolute atomic E-state index is 0.332. The van der Waals surface area contributed by atoms with Crippen molar-refractivity contribution >= 4 is 5.69 Å². The average Bonchev–Trinajstić information content (AvgIpc) is 2.16. The number of nitrogen functional groups attached to an aromatic ring is 1. The van der Waals surface area contributed by atoms with Crippen molar-refractivity contribution in [2.75, 3.05) is 5.73 Å². The van der Waals surface area contributed by atoms with Crippen molar-refractivity contribution in [2.24, 2.45) is 11.8 Å². The van der Waals surface area contributed by atoms with Crippen molar-refractivity contribution < 1.29 is 5.11 Å². The van der Waals surface area contributed by atoms with E-state index in [-0.39, 0.29) is 0 Å². The van der Waals surface area contributed by atoms with Crippen LogP contribution < -0.4 is 5.73 Å². The zero-order valence-electron chi connectivity index (χ0n) is 10.7. The van der Waals surface area contributed by atoms with E-state index in [1.165, 1.54) is 0 Å². The molecule has 0 aliphatic heterocycles. The molecule has 1 rings (SSSR count). The lowest BCUT2D eigenvalue weighted by Crippen LogP contribution is -2.05. The molecule has 3 N–H and O–H groups in total. The van der Waals surface area contributed by atoms with Gasteiger partial charge in [0, 0.05) is 11.3 Å². The van der Waals surface area contributed by atoms with Gasteiger partial charge in [0.1, 0.15) is 5.75 Å². The number of phenols is 1. The van der Waals surface area contributed by atoms with E-state index in [0.717, 1.165) is 29.7 Å². The summed E-state index contributed by atoms with van der Waals surface area (Å²) in [5, 5.41) is 9.82. The molecule has 0 bridgehead atoms. The molecule has 90 valence electrons. The zero-order valence-corrected chi connectivity index (χ0v) is 10.7. The van der Waals surface area contributed by atoms with Gasteiger partial charge in [-0.05, 0) is 36.3 Å². The molecular formula is C14H23NO. The number of phenolic OH excluding ortho intramolecular Hbond substituents is 1. The third kappa shape index (κ3) is 3.16. The van der Waals surface area contributed by atoms with Crippen LogP contribution in [0.1, 0.15) is 38.8 Å². The number of anilines is 1. The van der Waals surface area contributed by atoms with Crippen LogP contribution in [-0.2, 0) is 12.8 Å². The van der Waals surface area contributed by atoms with Crippen LogP contribution in [0.25, 0.3) is 0 Å². The Labute approximate surface area is 98.5 Å². The van der Waals surface area contributed by atoms with Gasteiger partial charge in [-0.3, -0.25) is 0 Å². The SMILES string of the molecule is CC(C)Cc1ccc(O)c(CC(C)C)c1N. The van der Waals surface area contributed by atoms with Gasteiger partial charge in [0.25, 0.3) is 0 Å². The van der Waals surface area contributed by atoms with Gasteiger partial charge in [0.05, 0.1) is 0 Å². The number of hydrogen-bond acceptors (Lipinski definition) is 2. The van der Waals surface area contributed by atoms with E-state index in [0.29, 0.717) is 17.6 Å². The number of hydrogen-bond donors (Lipinski definition) is 2. The molecule has 1 aromatic carbocycles. The number of benzene rings is 1. The van der Waals surface area contributed by atoms with Crippen molar-refractivity contribution in [1.29, 1.82) is 0 Å². The van der Waals surface area contributed by atoms with Gasteiger partial charge in [-0.2, -0.15) is 0 Å². The Balaban J connectivity index is 3.06. The van der Waals surface area contributed by atoms with Gasteiger partial charge in [0.2, 0.25) is 0 Å². The quantitative estimate of drug-likeness (QED) is 0.766. The smallest absolute Gasteiger partial charge is 0.120 e. The van der Waals surface area contributed by atoms with Crippen LogP contribution in [0, 0.1) is 11.8 Å². The van der Waals surface area contributed by atoms with Crippen LogP contribution in [0.5, 0.6) is 5.75 Å². The summed E-state index contributed by atoms with van der Waals surface area (Å²) in [4.78, 5) is 0. The molecule has 0 saturated carbocycles. The summed E-state index contributed by atoms with van der Waals surface area (Å²) in [5.41, 5.74) is 8.97. The fourth-order valence-electron chi connectivity index (χ4n) is 1.94. The Morgan fingerprint density at radius 1 is 1.06 bits per heavy atom. The van der Waals surface area contributed by atoms with Crippen molar-refractivity contribution in [3.8, 4) is 5.75 Å². The van der Waals surface area contributed by atoms with Gasteiger partial charge in [-0.15, -0.1) is 0 Å². The highest BCUT2D eigenvalue weighted by Gasteiger charge is 2.12. The second kappa shape index (κ2) is 5.24. The maximum atomic E-state index is 9.82. The maximum absolute atomic E-state index is 9.82. The Hall–Kier alpha value is -1.18. The summed E-state index contributed by atoms with van der Waals surface area (Å²) in [5.74, 6) is 1.42. The highest BCUT2D eigenvalue weighted by Crippen LogP contribution is 2.30. The second-order valence-corrected chi connectivity index (χ2v) is 5.33. The summed E-state index contributed by atoms with van der Waals surface area (Å²) < 4.78 is 0. The van der Waals surface area contributed by atoms with E-state index in [9.17, 15) is 5.11 Å². The molecule has 0 saturated heterocycles. The van der Waals surface area contributed by atoms with Crippen LogP contribution in [0.15, 0.2) is 12.1 Å². The molecule has 0 atom stereocenters. The second-order valence-electron chi connectivity index (χ2n) is 5.33. The van der Waals surface area contributed by atoms with Gasteiger partial charge in [-0.1, -0.05) is 33.8 Å². The minimum Gasteiger partial charge on any atom is -0.508 e. The summed E-state index contributed by atoms with van der Waals surface area (Å²) in [6.07, 6.45) is 1.81. The molecule has 0 aliphatic rings. The molecular weight excluding hydrogens is 198 g/mol. The van der Waals surface area contributed by atoms with E-state index in [2.05, 4.69) is 27.7 Å². The zero-order chi connectivity index (χ0) is 12.3. The fourth-order valence-corrected chi connectivity index (χ4v) is 1.94. The van der Waals surface area contributed by atoms with Crippen molar-refractivity contribution in [3.05, 3.63) is 23.3 Å². The number of aromatic hydroxyl groups is 1.